The number of amides is 1. The fraction of sp³-hybridized carbons (Fsp3) is 0.579. The Hall–Kier alpha value is -2.24. The lowest BCUT2D eigenvalue weighted by Gasteiger charge is -2.30. The number of carbonyl (C=O) groups excluding carboxylic acids is 1. The van der Waals surface area contributed by atoms with Crippen LogP contribution in [0.5, 0.6) is 0 Å². The first kappa shape index (κ1) is 16.2. The minimum atomic E-state index is 0.155. The average molecular weight is 340 g/mol. The summed E-state index contributed by atoms with van der Waals surface area (Å²) in [5.74, 6) is 2.06. The third-order valence-electron chi connectivity index (χ3n) is 5.14. The summed E-state index contributed by atoms with van der Waals surface area (Å²) in [5.41, 5.74) is 1.18. The van der Waals surface area contributed by atoms with Gasteiger partial charge in [-0.25, -0.2) is 0 Å². The molecule has 1 aliphatic heterocycles. The zero-order valence-electron chi connectivity index (χ0n) is 14.4. The number of likely N-dealkylation sites (tertiary alicyclic amines) is 1. The maximum Gasteiger partial charge on any atom is 0.227 e. The summed E-state index contributed by atoms with van der Waals surface area (Å²) in [6.45, 7) is 0.822. The minimum absolute atomic E-state index is 0.155. The van der Waals surface area contributed by atoms with Gasteiger partial charge in [0.15, 0.2) is 5.82 Å². The van der Waals surface area contributed by atoms with Crippen LogP contribution in [0.2, 0.25) is 0 Å². The highest BCUT2D eigenvalue weighted by atomic mass is 16.5. The van der Waals surface area contributed by atoms with Crippen molar-refractivity contribution in [3.63, 3.8) is 0 Å². The predicted molar refractivity (Wildman–Crippen MR) is 91.8 cm³/mol. The quantitative estimate of drug-likeness (QED) is 0.834. The van der Waals surface area contributed by atoms with Gasteiger partial charge in [0.25, 0.3) is 0 Å². The fourth-order valence-electron chi connectivity index (χ4n) is 3.57. The molecule has 0 N–H and O–H groups in total. The summed E-state index contributed by atoms with van der Waals surface area (Å²) >= 11 is 0. The second-order valence-electron chi connectivity index (χ2n) is 7.05. The number of rotatable bonds is 5. The molecule has 1 aliphatic carbocycles. The number of pyridine rings is 1. The standard InChI is InChI=1S/C19H24N4O2/c24-18(8-7-17-21-19(22-25-17)15-5-6-15)23-13-3-1-2-4-16(23)14-9-11-20-12-10-14/h9-12,15-16H,1-8,13H2/t16-/m0/s1. The van der Waals surface area contributed by atoms with E-state index in [-0.39, 0.29) is 11.9 Å². The van der Waals surface area contributed by atoms with Crippen molar-refractivity contribution in [2.24, 2.45) is 0 Å². The minimum Gasteiger partial charge on any atom is -0.339 e. The maximum absolute atomic E-state index is 12.9. The Bertz CT molecular complexity index is 711. The molecule has 0 spiro atoms. The molecule has 132 valence electrons. The molecule has 2 aliphatic rings. The molecule has 25 heavy (non-hydrogen) atoms. The van der Waals surface area contributed by atoms with Gasteiger partial charge in [0.2, 0.25) is 11.8 Å². The van der Waals surface area contributed by atoms with E-state index in [1.54, 1.807) is 12.4 Å². The van der Waals surface area contributed by atoms with E-state index in [1.165, 1.54) is 12.0 Å². The molecule has 2 fully saturated rings. The van der Waals surface area contributed by atoms with E-state index < -0.39 is 0 Å². The predicted octanol–water partition coefficient (Wildman–Crippen LogP) is 3.42. The van der Waals surface area contributed by atoms with Crippen molar-refractivity contribution in [2.75, 3.05) is 6.54 Å². The van der Waals surface area contributed by atoms with Crippen molar-refractivity contribution in [1.82, 2.24) is 20.0 Å². The Morgan fingerprint density at radius 3 is 2.80 bits per heavy atom. The Morgan fingerprint density at radius 2 is 2.00 bits per heavy atom. The highest BCUT2D eigenvalue weighted by molar-refractivity contribution is 5.77. The van der Waals surface area contributed by atoms with Crippen LogP contribution in [0, 0.1) is 0 Å². The Morgan fingerprint density at radius 1 is 1.16 bits per heavy atom. The molecule has 0 unspecified atom stereocenters. The molecule has 2 aromatic rings. The second kappa shape index (κ2) is 7.33. The molecule has 3 heterocycles. The van der Waals surface area contributed by atoms with Crippen LogP contribution < -0.4 is 0 Å². The monoisotopic (exact) mass is 340 g/mol. The van der Waals surface area contributed by atoms with Crippen molar-refractivity contribution in [2.45, 2.75) is 63.3 Å². The van der Waals surface area contributed by atoms with Gasteiger partial charge in [-0.15, -0.1) is 0 Å². The smallest absolute Gasteiger partial charge is 0.227 e. The summed E-state index contributed by atoms with van der Waals surface area (Å²) in [7, 11) is 0. The molecule has 0 bridgehead atoms. The van der Waals surface area contributed by atoms with Crippen molar-refractivity contribution >= 4 is 5.91 Å². The SMILES string of the molecule is O=C(CCc1nc(C2CC2)no1)N1CCCCC[C@H]1c1ccncc1. The molecular formula is C19H24N4O2. The van der Waals surface area contributed by atoms with Crippen LogP contribution in [-0.2, 0) is 11.2 Å². The highest BCUT2D eigenvalue weighted by Gasteiger charge is 2.30. The van der Waals surface area contributed by atoms with Crippen LogP contribution in [0.4, 0.5) is 0 Å². The lowest BCUT2D eigenvalue weighted by molar-refractivity contribution is -0.133. The number of carbonyl (C=O) groups is 1. The van der Waals surface area contributed by atoms with Crippen molar-refractivity contribution < 1.29 is 9.32 Å². The van der Waals surface area contributed by atoms with E-state index in [0.717, 1.165) is 44.5 Å². The van der Waals surface area contributed by atoms with Gasteiger partial charge >= 0.3 is 0 Å². The molecule has 1 saturated heterocycles. The van der Waals surface area contributed by atoms with Crippen LogP contribution in [0.3, 0.4) is 0 Å². The van der Waals surface area contributed by atoms with E-state index in [2.05, 4.69) is 15.1 Å². The molecular weight excluding hydrogens is 316 g/mol. The summed E-state index contributed by atoms with van der Waals surface area (Å²) in [6.07, 6.45) is 11.3. The van der Waals surface area contributed by atoms with Gasteiger partial charge in [0.1, 0.15) is 0 Å². The lowest BCUT2D eigenvalue weighted by Crippen LogP contribution is -2.35. The van der Waals surface area contributed by atoms with Crippen LogP contribution in [0.1, 0.15) is 74.2 Å². The van der Waals surface area contributed by atoms with E-state index in [9.17, 15) is 4.79 Å². The summed E-state index contributed by atoms with van der Waals surface area (Å²) in [5, 5.41) is 4.03. The average Bonchev–Trinajstić information content (AvgIpc) is 3.43. The van der Waals surface area contributed by atoms with Crippen LogP contribution in [0.25, 0.3) is 0 Å². The van der Waals surface area contributed by atoms with E-state index in [1.807, 2.05) is 17.0 Å². The Balaban J connectivity index is 1.42. The molecule has 0 radical (unpaired) electrons. The molecule has 6 heteroatoms. The number of aryl methyl sites for hydroxylation is 1. The first-order valence-corrected chi connectivity index (χ1v) is 9.33. The van der Waals surface area contributed by atoms with Crippen LogP contribution in [-0.4, -0.2) is 32.5 Å². The molecule has 0 aromatic carbocycles. The van der Waals surface area contributed by atoms with Crippen molar-refractivity contribution in [3.05, 3.63) is 41.8 Å². The van der Waals surface area contributed by atoms with Crippen LogP contribution in [0.15, 0.2) is 29.0 Å². The molecule has 6 nitrogen and oxygen atoms in total. The number of aromatic nitrogens is 3. The molecule has 1 atom stereocenters. The van der Waals surface area contributed by atoms with Crippen LogP contribution >= 0.6 is 0 Å². The lowest BCUT2D eigenvalue weighted by atomic mass is 10.0. The Labute approximate surface area is 147 Å². The molecule has 1 saturated carbocycles. The second-order valence-corrected chi connectivity index (χ2v) is 7.05. The zero-order valence-corrected chi connectivity index (χ0v) is 14.4. The third-order valence-corrected chi connectivity index (χ3v) is 5.14. The highest BCUT2D eigenvalue weighted by Crippen LogP contribution is 2.38. The first-order valence-electron chi connectivity index (χ1n) is 9.33. The van der Waals surface area contributed by atoms with Gasteiger partial charge in [-0.05, 0) is 43.4 Å². The Kier molecular flexibility index (Phi) is 4.76. The number of nitrogens with zero attached hydrogens (tertiary/aromatic N) is 4. The fourth-order valence-corrected chi connectivity index (χ4v) is 3.57. The number of hydrogen-bond donors (Lipinski definition) is 0. The zero-order chi connectivity index (χ0) is 17.1. The number of hydrogen-bond acceptors (Lipinski definition) is 5. The van der Waals surface area contributed by atoms with Gasteiger partial charge in [-0.1, -0.05) is 18.0 Å². The van der Waals surface area contributed by atoms with E-state index in [0.29, 0.717) is 24.7 Å². The van der Waals surface area contributed by atoms with Crippen molar-refractivity contribution in [1.29, 1.82) is 0 Å². The molecule has 1 amide bonds. The van der Waals surface area contributed by atoms with Gasteiger partial charge in [-0.3, -0.25) is 9.78 Å². The third kappa shape index (κ3) is 3.89. The van der Waals surface area contributed by atoms with Gasteiger partial charge in [-0.2, -0.15) is 4.98 Å². The summed E-state index contributed by atoms with van der Waals surface area (Å²) < 4.78 is 5.30. The van der Waals surface area contributed by atoms with Gasteiger partial charge in [0, 0.05) is 37.7 Å². The normalized spacial score (nSPS) is 21.1. The molecule has 2 aromatic heterocycles. The van der Waals surface area contributed by atoms with E-state index >= 15 is 0 Å². The molecule has 4 rings (SSSR count). The maximum atomic E-state index is 12.9. The first-order chi connectivity index (χ1) is 12.3. The summed E-state index contributed by atoms with van der Waals surface area (Å²) in [4.78, 5) is 23.5. The van der Waals surface area contributed by atoms with E-state index in [4.69, 9.17) is 4.52 Å². The van der Waals surface area contributed by atoms with Gasteiger partial charge in [0.05, 0.1) is 6.04 Å². The van der Waals surface area contributed by atoms with Crippen molar-refractivity contribution in [3.8, 4) is 0 Å². The topological polar surface area (TPSA) is 72.1 Å². The summed E-state index contributed by atoms with van der Waals surface area (Å²) in [6, 6.07) is 4.20. The largest absolute Gasteiger partial charge is 0.339 e. The van der Waals surface area contributed by atoms with Gasteiger partial charge < -0.3 is 9.42 Å².